The molecule has 21 heavy (non-hydrogen) atoms. The van der Waals surface area contributed by atoms with E-state index in [9.17, 15) is 4.79 Å². The minimum Gasteiger partial charge on any atom is -0.383 e. The van der Waals surface area contributed by atoms with Crippen LogP contribution in [0.1, 0.15) is 49.7 Å². The van der Waals surface area contributed by atoms with Gasteiger partial charge >= 0.3 is 0 Å². The van der Waals surface area contributed by atoms with E-state index in [2.05, 4.69) is 10.4 Å². The molecule has 6 nitrogen and oxygen atoms in total. The molecule has 0 aliphatic rings. The molecule has 1 atom stereocenters. The molecular formula is C15H26N4O2. The van der Waals surface area contributed by atoms with E-state index in [-0.39, 0.29) is 17.9 Å². The first-order valence-electron chi connectivity index (χ1n) is 7.23. The first-order chi connectivity index (χ1) is 9.94. The smallest absolute Gasteiger partial charge is 0.254 e. The van der Waals surface area contributed by atoms with Crippen molar-refractivity contribution in [1.29, 1.82) is 0 Å². The molecule has 1 aromatic heterocycles. The van der Waals surface area contributed by atoms with Gasteiger partial charge in [-0.2, -0.15) is 0 Å². The van der Waals surface area contributed by atoms with E-state index >= 15 is 0 Å². The summed E-state index contributed by atoms with van der Waals surface area (Å²) in [5.74, 6) is 6.13. The maximum absolute atomic E-state index is 12.7. The molecule has 1 heterocycles. The Kier molecular flexibility index (Phi) is 6.58. The van der Waals surface area contributed by atoms with Gasteiger partial charge in [0.2, 0.25) is 0 Å². The van der Waals surface area contributed by atoms with E-state index < -0.39 is 0 Å². The highest BCUT2D eigenvalue weighted by molar-refractivity contribution is 5.95. The Bertz CT molecular complexity index is 477. The fourth-order valence-corrected chi connectivity index (χ4v) is 2.20. The number of hydrazine groups is 1. The normalized spacial score (nSPS) is 12.3. The minimum absolute atomic E-state index is 0.0115. The highest BCUT2D eigenvalue weighted by Gasteiger charge is 2.21. The number of methoxy groups -OCH3 is 1. The second-order valence-electron chi connectivity index (χ2n) is 5.36. The summed E-state index contributed by atoms with van der Waals surface area (Å²) < 4.78 is 5.14. The molecule has 0 aliphatic carbocycles. The van der Waals surface area contributed by atoms with Crippen LogP contribution in [-0.4, -0.2) is 42.1 Å². The monoisotopic (exact) mass is 294 g/mol. The summed E-state index contributed by atoms with van der Waals surface area (Å²) in [6, 6.07) is 3.52. The number of aromatic nitrogens is 1. The lowest BCUT2D eigenvalue weighted by Crippen LogP contribution is -2.41. The lowest BCUT2D eigenvalue weighted by molar-refractivity contribution is 0.0579. The van der Waals surface area contributed by atoms with Crippen molar-refractivity contribution in [2.45, 2.75) is 39.7 Å². The predicted molar refractivity (Wildman–Crippen MR) is 84.2 cm³/mol. The van der Waals surface area contributed by atoms with Crippen molar-refractivity contribution in [3.63, 3.8) is 0 Å². The van der Waals surface area contributed by atoms with Gasteiger partial charge in [-0.1, -0.05) is 13.8 Å². The van der Waals surface area contributed by atoms with Gasteiger partial charge in [-0.15, -0.1) is 0 Å². The van der Waals surface area contributed by atoms with Gasteiger partial charge in [0, 0.05) is 24.9 Å². The lowest BCUT2D eigenvalue weighted by atomic mass is 10.1. The average Bonchev–Trinajstić information content (AvgIpc) is 2.47. The van der Waals surface area contributed by atoms with E-state index in [4.69, 9.17) is 10.6 Å². The number of nitrogen functional groups attached to an aromatic ring is 1. The van der Waals surface area contributed by atoms with Crippen LogP contribution in [0.4, 0.5) is 5.82 Å². The number of anilines is 1. The van der Waals surface area contributed by atoms with Crippen LogP contribution in [0.15, 0.2) is 12.1 Å². The van der Waals surface area contributed by atoms with Crippen molar-refractivity contribution in [1.82, 2.24) is 9.88 Å². The van der Waals surface area contributed by atoms with Crippen LogP contribution in [-0.2, 0) is 4.74 Å². The Balaban J connectivity index is 3.12. The molecule has 1 rings (SSSR count). The molecule has 0 aromatic carbocycles. The van der Waals surface area contributed by atoms with Crippen LogP contribution >= 0.6 is 0 Å². The zero-order valence-corrected chi connectivity index (χ0v) is 13.5. The Labute approximate surface area is 126 Å². The van der Waals surface area contributed by atoms with E-state index in [1.54, 1.807) is 18.1 Å². The highest BCUT2D eigenvalue weighted by atomic mass is 16.5. The summed E-state index contributed by atoms with van der Waals surface area (Å²) in [7, 11) is 1.63. The molecule has 0 fully saturated rings. The van der Waals surface area contributed by atoms with Gasteiger partial charge < -0.3 is 15.1 Å². The molecule has 1 amide bonds. The van der Waals surface area contributed by atoms with Gasteiger partial charge in [0.15, 0.2) is 0 Å². The number of nitrogens with zero attached hydrogens (tertiary/aromatic N) is 2. The van der Waals surface area contributed by atoms with Crippen LogP contribution in [0.5, 0.6) is 0 Å². The summed E-state index contributed by atoms with van der Waals surface area (Å²) in [6.07, 6.45) is 0. The second kappa shape index (κ2) is 7.95. The molecule has 1 unspecified atom stereocenters. The maximum atomic E-state index is 12.7. The number of likely N-dealkylation sites (N-methyl/N-ethyl adjacent to an activating group) is 1. The van der Waals surface area contributed by atoms with Gasteiger partial charge in [0.25, 0.3) is 5.91 Å². The number of nitrogens with one attached hydrogen (secondary N) is 1. The third kappa shape index (κ3) is 4.41. The average molecular weight is 294 g/mol. The van der Waals surface area contributed by atoms with Gasteiger partial charge in [0.1, 0.15) is 5.82 Å². The molecule has 0 aliphatic heterocycles. The molecule has 0 saturated carbocycles. The summed E-state index contributed by atoms with van der Waals surface area (Å²) >= 11 is 0. The molecule has 6 heteroatoms. The van der Waals surface area contributed by atoms with Gasteiger partial charge in [0.05, 0.1) is 12.6 Å². The number of amides is 1. The van der Waals surface area contributed by atoms with Crippen molar-refractivity contribution in [2.24, 2.45) is 5.84 Å². The quantitative estimate of drug-likeness (QED) is 0.594. The molecular weight excluding hydrogens is 268 g/mol. The van der Waals surface area contributed by atoms with E-state index in [1.165, 1.54) is 0 Å². The first kappa shape index (κ1) is 17.4. The zero-order chi connectivity index (χ0) is 16.0. The SMILES string of the molecule is CCN(C(=O)c1cc(NN)nc(C(C)C)c1)C(C)COC. The predicted octanol–water partition coefficient (Wildman–Crippen LogP) is 1.99. The van der Waals surface area contributed by atoms with E-state index in [1.807, 2.05) is 33.8 Å². The third-order valence-corrected chi connectivity index (χ3v) is 3.37. The van der Waals surface area contributed by atoms with Crippen molar-refractivity contribution >= 4 is 11.7 Å². The highest BCUT2D eigenvalue weighted by Crippen LogP contribution is 2.19. The fraction of sp³-hybridized carbons (Fsp3) is 0.600. The van der Waals surface area contributed by atoms with Crippen molar-refractivity contribution < 1.29 is 9.53 Å². The number of rotatable bonds is 7. The maximum Gasteiger partial charge on any atom is 0.254 e. The fourth-order valence-electron chi connectivity index (χ4n) is 2.20. The number of hydrogen-bond donors (Lipinski definition) is 2. The van der Waals surface area contributed by atoms with Crippen LogP contribution in [0.2, 0.25) is 0 Å². The summed E-state index contributed by atoms with van der Waals surface area (Å²) in [6.45, 7) is 9.11. The van der Waals surface area contributed by atoms with Gasteiger partial charge in [-0.3, -0.25) is 4.79 Å². The van der Waals surface area contributed by atoms with Crippen molar-refractivity contribution in [3.8, 4) is 0 Å². The summed E-state index contributed by atoms with van der Waals surface area (Å²) in [5, 5.41) is 0. The Hall–Kier alpha value is -1.66. The number of pyridine rings is 1. The Morgan fingerprint density at radius 3 is 2.57 bits per heavy atom. The molecule has 1 aromatic rings. The number of carbonyl (C=O) groups excluding carboxylic acids is 1. The first-order valence-corrected chi connectivity index (χ1v) is 7.23. The van der Waals surface area contributed by atoms with E-state index in [0.29, 0.717) is 24.5 Å². The minimum atomic E-state index is -0.0390. The van der Waals surface area contributed by atoms with Gasteiger partial charge in [-0.25, -0.2) is 10.8 Å². The molecule has 0 saturated heterocycles. The van der Waals surface area contributed by atoms with Crippen molar-refractivity contribution in [2.75, 3.05) is 25.7 Å². The Morgan fingerprint density at radius 1 is 1.43 bits per heavy atom. The van der Waals surface area contributed by atoms with Crippen LogP contribution in [0.25, 0.3) is 0 Å². The zero-order valence-electron chi connectivity index (χ0n) is 13.5. The largest absolute Gasteiger partial charge is 0.383 e. The molecule has 118 valence electrons. The number of carbonyl (C=O) groups is 1. The van der Waals surface area contributed by atoms with Gasteiger partial charge in [-0.05, 0) is 31.9 Å². The van der Waals surface area contributed by atoms with E-state index in [0.717, 1.165) is 5.69 Å². The summed E-state index contributed by atoms with van der Waals surface area (Å²) in [5.41, 5.74) is 3.95. The second-order valence-corrected chi connectivity index (χ2v) is 5.36. The number of nitrogens with two attached hydrogens (primary N) is 1. The number of ether oxygens (including phenoxy) is 1. The van der Waals surface area contributed by atoms with Crippen LogP contribution in [0, 0.1) is 0 Å². The number of hydrogen-bond acceptors (Lipinski definition) is 5. The standard InChI is InChI=1S/C15H26N4O2/c1-6-19(11(4)9-21-5)15(20)12-7-13(10(2)3)17-14(8-12)18-16/h7-8,10-11H,6,9,16H2,1-5H3,(H,17,18). The van der Waals surface area contributed by atoms with Crippen molar-refractivity contribution in [3.05, 3.63) is 23.4 Å². The van der Waals surface area contributed by atoms with Crippen LogP contribution < -0.4 is 11.3 Å². The Morgan fingerprint density at radius 2 is 2.10 bits per heavy atom. The molecule has 0 spiro atoms. The molecule has 3 N–H and O–H groups in total. The molecule has 0 bridgehead atoms. The topological polar surface area (TPSA) is 80.5 Å². The third-order valence-electron chi connectivity index (χ3n) is 3.37. The summed E-state index contributed by atoms with van der Waals surface area (Å²) in [4.78, 5) is 18.9. The molecule has 0 radical (unpaired) electrons. The lowest BCUT2D eigenvalue weighted by Gasteiger charge is -2.28. The van der Waals surface area contributed by atoms with Crippen LogP contribution in [0.3, 0.4) is 0 Å².